The summed E-state index contributed by atoms with van der Waals surface area (Å²) in [4.78, 5) is 16.9. The molecule has 5 heteroatoms. The van der Waals surface area contributed by atoms with Crippen LogP contribution in [0.4, 0.5) is 0 Å². The van der Waals surface area contributed by atoms with Crippen molar-refractivity contribution in [1.82, 2.24) is 19.6 Å². The number of carbonyl (C=O) groups excluding carboxylic acids is 1. The lowest BCUT2D eigenvalue weighted by atomic mass is 9.84. The van der Waals surface area contributed by atoms with Gasteiger partial charge in [-0.25, -0.2) is 0 Å². The van der Waals surface area contributed by atoms with Crippen LogP contribution in [0.25, 0.3) is 0 Å². The highest BCUT2D eigenvalue weighted by Crippen LogP contribution is 2.28. The topological polar surface area (TPSA) is 41.4 Å². The van der Waals surface area contributed by atoms with Crippen molar-refractivity contribution in [2.24, 2.45) is 5.92 Å². The van der Waals surface area contributed by atoms with Gasteiger partial charge in [-0.3, -0.25) is 14.4 Å². The summed E-state index contributed by atoms with van der Waals surface area (Å²) >= 11 is 0. The second kappa shape index (κ2) is 6.60. The van der Waals surface area contributed by atoms with E-state index in [-0.39, 0.29) is 0 Å². The van der Waals surface area contributed by atoms with Crippen LogP contribution in [0, 0.1) is 5.92 Å². The Morgan fingerprint density at radius 3 is 2.76 bits per heavy atom. The van der Waals surface area contributed by atoms with Crippen molar-refractivity contribution in [3.05, 3.63) is 18.0 Å². The predicted octanol–water partition coefficient (Wildman–Crippen LogP) is 1.74. The number of hydrogen-bond acceptors (Lipinski definition) is 3. The smallest absolute Gasteiger partial charge is 0.225 e. The SMILES string of the molecule is CCn1ccc(CN2CCCN(C(=O)C3CCC3)CC2)n1. The van der Waals surface area contributed by atoms with E-state index in [0.29, 0.717) is 11.8 Å². The van der Waals surface area contributed by atoms with Crippen LogP contribution in [0.5, 0.6) is 0 Å². The fourth-order valence-corrected chi connectivity index (χ4v) is 3.16. The van der Waals surface area contributed by atoms with Crippen molar-refractivity contribution >= 4 is 5.91 Å². The molecule has 1 amide bonds. The molecule has 1 saturated heterocycles. The molecule has 0 atom stereocenters. The fraction of sp³-hybridized carbons (Fsp3) is 0.750. The Bertz CT molecular complexity index is 480. The number of hydrogen-bond donors (Lipinski definition) is 0. The minimum Gasteiger partial charge on any atom is -0.341 e. The molecule has 116 valence electrons. The number of rotatable bonds is 4. The Morgan fingerprint density at radius 2 is 2.10 bits per heavy atom. The van der Waals surface area contributed by atoms with Crippen LogP contribution < -0.4 is 0 Å². The summed E-state index contributed by atoms with van der Waals surface area (Å²) in [6.07, 6.45) is 6.56. The van der Waals surface area contributed by atoms with Crippen molar-refractivity contribution in [2.45, 2.75) is 45.7 Å². The summed E-state index contributed by atoms with van der Waals surface area (Å²) in [5.41, 5.74) is 1.13. The van der Waals surface area contributed by atoms with Gasteiger partial charge >= 0.3 is 0 Å². The third-order valence-corrected chi connectivity index (χ3v) is 4.76. The number of nitrogens with zero attached hydrogens (tertiary/aromatic N) is 4. The standard InChI is InChI=1S/C16H26N4O/c1-2-20-10-7-15(17-20)13-18-8-4-9-19(12-11-18)16(21)14-5-3-6-14/h7,10,14H,2-6,8-9,11-13H2,1H3. The minimum absolute atomic E-state index is 0.330. The number of aryl methyl sites for hydroxylation is 1. The second-order valence-corrected chi connectivity index (χ2v) is 6.25. The van der Waals surface area contributed by atoms with E-state index in [4.69, 9.17) is 0 Å². The maximum absolute atomic E-state index is 12.3. The normalized spacial score (nSPS) is 21.1. The Hall–Kier alpha value is -1.36. The van der Waals surface area contributed by atoms with E-state index in [2.05, 4.69) is 27.9 Å². The molecule has 1 aliphatic heterocycles. The quantitative estimate of drug-likeness (QED) is 0.848. The van der Waals surface area contributed by atoms with Gasteiger partial charge in [0.2, 0.25) is 5.91 Å². The van der Waals surface area contributed by atoms with Gasteiger partial charge in [-0.05, 0) is 32.3 Å². The first kappa shape index (κ1) is 14.6. The molecule has 2 aliphatic rings. The molecule has 5 nitrogen and oxygen atoms in total. The van der Waals surface area contributed by atoms with Crippen LogP contribution in [0.3, 0.4) is 0 Å². The number of aromatic nitrogens is 2. The minimum atomic E-state index is 0.330. The second-order valence-electron chi connectivity index (χ2n) is 6.25. The zero-order valence-electron chi connectivity index (χ0n) is 13.0. The lowest BCUT2D eigenvalue weighted by Crippen LogP contribution is -2.41. The van der Waals surface area contributed by atoms with Crippen LogP contribution in [0.2, 0.25) is 0 Å². The molecule has 1 aliphatic carbocycles. The summed E-state index contributed by atoms with van der Waals surface area (Å²) in [6, 6.07) is 2.10. The van der Waals surface area contributed by atoms with Crippen LogP contribution >= 0.6 is 0 Å². The Morgan fingerprint density at radius 1 is 1.24 bits per heavy atom. The largest absolute Gasteiger partial charge is 0.341 e. The van der Waals surface area contributed by atoms with Gasteiger partial charge in [-0.15, -0.1) is 0 Å². The van der Waals surface area contributed by atoms with Gasteiger partial charge in [0.05, 0.1) is 5.69 Å². The molecule has 0 N–H and O–H groups in total. The molecule has 1 aromatic heterocycles. The third kappa shape index (κ3) is 3.46. The van der Waals surface area contributed by atoms with E-state index in [1.165, 1.54) is 6.42 Å². The summed E-state index contributed by atoms with van der Waals surface area (Å²) in [5, 5.41) is 4.55. The van der Waals surface area contributed by atoms with Gasteiger partial charge < -0.3 is 4.90 Å². The first-order valence-electron chi connectivity index (χ1n) is 8.29. The van der Waals surface area contributed by atoms with Crippen LogP contribution in [-0.2, 0) is 17.9 Å². The maximum Gasteiger partial charge on any atom is 0.225 e. The van der Waals surface area contributed by atoms with Crippen molar-refractivity contribution < 1.29 is 4.79 Å². The molecular formula is C16H26N4O. The van der Waals surface area contributed by atoms with Crippen molar-refractivity contribution in [2.75, 3.05) is 26.2 Å². The molecule has 0 spiro atoms. The molecule has 0 bridgehead atoms. The highest BCUT2D eigenvalue weighted by Gasteiger charge is 2.30. The molecule has 1 aromatic rings. The lowest BCUT2D eigenvalue weighted by Gasteiger charge is -2.31. The molecule has 0 unspecified atom stereocenters. The zero-order chi connectivity index (χ0) is 14.7. The highest BCUT2D eigenvalue weighted by atomic mass is 16.2. The molecule has 3 rings (SSSR count). The van der Waals surface area contributed by atoms with Crippen LogP contribution in [0.15, 0.2) is 12.3 Å². The van der Waals surface area contributed by atoms with Gasteiger partial charge in [0, 0.05) is 51.4 Å². The molecule has 0 aromatic carbocycles. The summed E-state index contributed by atoms with van der Waals surface area (Å²) in [5.74, 6) is 0.732. The highest BCUT2D eigenvalue weighted by molar-refractivity contribution is 5.79. The van der Waals surface area contributed by atoms with Gasteiger partial charge in [0.15, 0.2) is 0 Å². The number of amides is 1. The Balaban J connectivity index is 1.51. The van der Waals surface area contributed by atoms with Gasteiger partial charge in [0.1, 0.15) is 0 Å². The first-order valence-corrected chi connectivity index (χ1v) is 8.29. The van der Waals surface area contributed by atoms with E-state index >= 15 is 0 Å². The van der Waals surface area contributed by atoms with Crippen LogP contribution in [-0.4, -0.2) is 51.7 Å². The summed E-state index contributed by atoms with van der Waals surface area (Å²) in [6.45, 7) is 7.76. The fourth-order valence-electron chi connectivity index (χ4n) is 3.16. The Kier molecular flexibility index (Phi) is 4.58. The third-order valence-electron chi connectivity index (χ3n) is 4.76. The zero-order valence-corrected chi connectivity index (χ0v) is 13.0. The van der Waals surface area contributed by atoms with Crippen molar-refractivity contribution in [3.8, 4) is 0 Å². The van der Waals surface area contributed by atoms with Crippen molar-refractivity contribution in [1.29, 1.82) is 0 Å². The molecule has 0 radical (unpaired) electrons. The van der Waals surface area contributed by atoms with Crippen LogP contribution in [0.1, 0.15) is 38.3 Å². The van der Waals surface area contributed by atoms with E-state index in [1.807, 2.05) is 10.9 Å². The average Bonchev–Trinajstić information content (AvgIpc) is 2.74. The lowest BCUT2D eigenvalue weighted by molar-refractivity contribution is -0.138. The van der Waals surface area contributed by atoms with E-state index in [1.54, 1.807) is 0 Å². The van der Waals surface area contributed by atoms with E-state index < -0.39 is 0 Å². The molecular weight excluding hydrogens is 264 g/mol. The monoisotopic (exact) mass is 290 g/mol. The van der Waals surface area contributed by atoms with Gasteiger partial charge in [-0.1, -0.05) is 6.42 Å². The van der Waals surface area contributed by atoms with E-state index in [0.717, 1.165) is 64.2 Å². The van der Waals surface area contributed by atoms with Gasteiger partial charge in [-0.2, -0.15) is 5.10 Å². The maximum atomic E-state index is 12.3. The van der Waals surface area contributed by atoms with Gasteiger partial charge in [0.25, 0.3) is 0 Å². The molecule has 2 fully saturated rings. The Labute approximate surface area is 126 Å². The first-order chi connectivity index (χ1) is 10.3. The van der Waals surface area contributed by atoms with Crippen molar-refractivity contribution in [3.63, 3.8) is 0 Å². The predicted molar refractivity (Wildman–Crippen MR) is 81.7 cm³/mol. The molecule has 21 heavy (non-hydrogen) atoms. The summed E-state index contributed by atoms with van der Waals surface area (Å²) < 4.78 is 1.97. The molecule has 2 heterocycles. The summed E-state index contributed by atoms with van der Waals surface area (Å²) in [7, 11) is 0. The molecule has 1 saturated carbocycles. The van der Waals surface area contributed by atoms with E-state index in [9.17, 15) is 4.79 Å². The average molecular weight is 290 g/mol. The number of carbonyl (C=O) groups is 1.